The van der Waals surface area contributed by atoms with E-state index >= 15 is 0 Å². The van der Waals surface area contributed by atoms with Crippen LogP contribution in [0.1, 0.15) is 16.8 Å². The van der Waals surface area contributed by atoms with E-state index in [9.17, 15) is 0 Å². The summed E-state index contributed by atoms with van der Waals surface area (Å²) in [5.41, 5.74) is 7.45. The van der Waals surface area contributed by atoms with Gasteiger partial charge in [0.2, 0.25) is 0 Å². The first-order valence-electron chi connectivity index (χ1n) is 6.45. The molecule has 0 N–H and O–H groups in total. The average Bonchev–Trinajstić information content (AvgIpc) is 2.38. The van der Waals surface area contributed by atoms with Crippen LogP contribution >= 0.6 is 0 Å². The van der Waals surface area contributed by atoms with Crippen molar-refractivity contribution >= 4 is 11.0 Å². The normalized spacial score (nSPS) is 10.9. The molecule has 0 unspecified atom stereocenters. The van der Waals surface area contributed by atoms with E-state index in [0.717, 1.165) is 28.0 Å². The van der Waals surface area contributed by atoms with Gasteiger partial charge in [-0.3, -0.25) is 0 Å². The Balaban J connectivity index is 2.26. The zero-order valence-electron chi connectivity index (χ0n) is 11.4. The molecule has 0 spiro atoms. The molecule has 1 aromatic heterocycles. The van der Waals surface area contributed by atoms with Crippen molar-refractivity contribution in [2.75, 3.05) is 0 Å². The Kier molecular flexibility index (Phi) is 2.79. The first-order valence-corrected chi connectivity index (χ1v) is 6.45. The van der Waals surface area contributed by atoms with Crippen LogP contribution in [-0.4, -0.2) is 9.97 Å². The third-order valence-electron chi connectivity index (χ3n) is 3.29. The number of benzene rings is 2. The lowest BCUT2D eigenvalue weighted by Gasteiger charge is -2.08. The Morgan fingerprint density at radius 3 is 2.32 bits per heavy atom. The standard InChI is InChI=1S/C17H16N2/c1-11-5-4-6-14(9-11)17-13(3)18-15-8-7-12(2)10-16(15)19-17/h4-10H,1-3H3. The van der Waals surface area contributed by atoms with Crippen molar-refractivity contribution in [2.45, 2.75) is 20.8 Å². The predicted octanol–water partition coefficient (Wildman–Crippen LogP) is 4.22. The van der Waals surface area contributed by atoms with Gasteiger partial charge in [-0.15, -0.1) is 0 Å². The number of hydrogen-bond acceptors (Lipinski definition) is 2. The fourth-order valence-corrected chi connectivity index (χ4v) is 2.32. The molecule has 3 rings (SSSR count). The fourth-order valence-electron chi connectivity index (χ4n) is 2.32. The summed E-state index contributed by atoms with van der Waals surface area (Å²) in [6.07, 6.45) is 0. The van der Waals surface area contributed by atoms with E-state index < -0.39 is 0 Å². The molecule has 0 fully saturated rings. The van der Waals surface area contributed by atoms with Crippen molar-refractivity contribution in [1.29, 1.82) is 0 Å². The number of rotatable bonds is 1. The first kappa shape index (κ1) is 11.8. The maximum absolute atomic E-state index is 4.78. The van der Waals surface area contributed by atoms with E-state index in [1.165, 1.54) is 11.1 Å². The van der Waals surface area contributed by atoms with Gasteiger partial charge >= 0.3 is 0 Å². The minimum absolute atomic E-state index is 0.958. The minimum Gasteiger partial charge on any atom is -0.249 e. The average molecular weight is 248 g/mol. The SMILES string of the molecule is Cc1cccc(-c2nc3cc(C)ccc3nc2C)c1. The molecule has 2 nitrogen and oxygen atoms in total. The van der Waals surface area contributed by atoms with E-state index in [1.807, 2.05) is 13.0 Å². The third-order valence-corrected chi connectivity index (χ3v) is 3.29. The molecule has 1 heterocycles. The quantitative estimate of drug-likeness (QED) is 0.644. The second kappa shape index (κ2) is 4.47. The molecule has 0 saturated heterocycles. The summed E-state index contributed by atoms with van der Waals surface area (Å²) in [4.78, 5) is 9.44. The van der Waals surface area contributed by atoms with Gasteiger partial charge in [-0.1, -0.05) is 29.8 Å². The lowest BCUT2D eigenvalue weighted by Crippen LogP contribution is -1.95. The van der Waals surface area contributed by atoms with Crippen LogP contribution in [0, 0.1) is 20.8 Å². The summed E-state index contributed by atoms with van der Waals surface area (Å²) in [7, 11) is 0. The van der Waals surface area contributed by atoms with Gasteiger partial charge in [-0.05, 0) is 44.5 Å². The summed E-state index contributed by atoms with van der Waals surface area (Å²) in [6, 6.07) is 14.6. The maximum atomic E-state index is 4.78. The van der Waals surface area contributed by atoms with E-state index in [-0.39, 0.29) is 0 Å². The molecule has 0 atom stereocenters. The van der Waals surface area contributed by atoms with Crippen molar-refractivity contribution in [1.82, 2.24) is 9.97 Å². The smallest absolute Gasteiger partial charge is 0.0922 e. The highest BCUT2D eigenvalue weighted by Crippen LogP contribution is 2.24. The summed E-state index contributed by atoms with van der Waals surface area (Å²) in [5, 5.41) is 0. The van der Waals surface area contributed by atoms with Gasteiger partial charge in [-0.2, -0.15) is 0 Å². The van der Waals surface area contributed by atoms with Crippen LogP contribution in [0.15, 0.2) is 42.5 Å². The summed E-state index contributed by atoms with van der Waals surface area (Å²) in [6.45, 7) is 6.19. The van der Waals surface area contributed by atoms with E-state index in [4.69, 9.17) is 4.98 Å². The highest BCUT2D eigenvalue weighted by atomic mass is 14.8. The largest absolute Gasteiger partial charge is 0.249 e. The van der Waals surface area contributed by atoms with E-state index in [2.05, 4.69) is 55.2 Å². The Labute approximate surface area is 113 Å². The number of aryl methyl sites for hydroxylation is 3. The number of aromatic nitrogens is 2. The van der Waals surface area contributed by atoms with Crippen molar-refractivity contribution in [2.24, 2.45) is 0 Å². The minimum atomic E-state index is 0.958. The van der Waals surface area contributed by atoms with Gasteiger partial charge in [0, 0.05) is 5.56 Å². The highest BCUT2D eigenvalue weighted by Gasteiger charge is 2.07. The first-order chi connectivity index (χ1) is 9.13. The summed E-state index contributed by atoms with van der Waals surface area (Å²) in [5.74, 6) is 0. The van der Waals surface area contributed by atoms with Crippen LogP contribution in [0.3, 0.4) is 0 Å². The molecule has 0 amide bonds. The lowest BCUT2D eigenvalue weighted by atomic mass is 10.1. The van der Waals surface area contributed by atoms with Gasteiger partial charge < -0.3 is 0 Å². The van der Waals surface area contributed by atoms with Crippen LogP contribution in [0.4, 0.5) is 0 Å². The maximum Gasteiger partial charge on any atom is 0.0922 e. The van der Waals surface area contributed by atoms with Crippen molar-refractivity contribution in [3.05, 3.63) is 59.3 Å². The molecule has 2 aromatic carbocycles. The summed E-state index contributed by atoms with van der Waals surface area (Å²) < 4.78 is 0. The van der Waals surface area contributed by atoms with Crippen LogP contribution in [0.5, 0.6) is 0 Å². The van der Waals surface area contributed by atoms with Crippen LogP contribution in [-0.2, 0) is 0 Å². The molecule has 0 radical (unpaired) electrons. The van der Waals surface area contributed by atoms with E-state index in [0.29, 0.717) is 0 Å². The molecule has 0 saturated carbocycles. The molecule has 0 aliphatic carbocycles. The number of nitrogens with zero attached hydrogens (tertiary/aromatic N) is 2. The molecule has 0 aliphatic heterocycles. The van der Waals surface area contributed by atoms with Crippen LogP contribution in [0.25, 0.3) is 22.3 Å². The molecule has 0 aliphatic rings. The topological polar surface area (TPSA) is 25.8 Å². The number of fused-ring (bicyclic) bond motifs is 1. The zero-order valence-corrected chi connectivity index (χ0v) is 11.4. The molecule has 19 heavy (non-hydrogen) atoms. The molecular formula is C17H16N2. The molecular weight excluding hydrogens is 232 g/mol. The Morgan fingerprint density at radius 2 is 1.53 bits per heavy atom. The fraction of sp³-hybridized carbons (Fsp3) is 0.176. The Bertz CT molecular complexity index is 760. The highest BCUT2D eigenvalue weighted by molar-refractivity contribution is 5.79. The van der Waals surface area contributed by atoms with Crippen molar-refractivity contribution in [3.8, 4) is 11.3 Å². The van der Waals surface area contributed by atoms with Gasteiger partial charge in [0.15, 0.2) is 0 Å². The molecule has 3 aromatic rings. The third kappa shape index (κ3) is 2.22. The Morgan fingerprint density at radius 1 is 0.737 bits per heavy atom. The second-order valence-electron chi connectivity index (χ2n) is 5.02. The van der Waals surface area contributed by atoms with Crippen LogP contribution < -0.4 is 0 Å². The van der Waals surface area contributed by atoms with Crippen molar-refractivity contribution < 1.29 is 0 Å². The predicted molar refractivity (Wildman–Crippen MR) is 79.2 cm³/mol. The van der Waals surface area contributed by atoms with Crippen LogP contribution in [0.2, 0.25) is 0 Å². The van der Waals surface area contributed by atoms with Gasteiger partial charge in [0.25, 0.3) is 0 Å². The van der Waals surface area contributed by atoms with E-state index in [1.54, 1.807) is 0 Å². The zero-order chi connectivity index (χ0) is 13.4. The van der Waals surface area contributed by atoms with Gasteiger partial charge in [0.1, 0.15) is 0 Å². The number of hydrogen-bond donors (Lipinski definition) is 0. The lowest BCUT2D eigenvalue weighted by molar-refractivity contribution is 1.18. The molecule has 0 bridgehead atoms. The van der Waals surface area contributed by atoms with Crippen molar-refractivity contribution in [3.63, 3.8) is 0 Å². The van der Waals surface area contributed by atoms with Gasteiger partial charge in [0.05, 0.1) is 22.4 Å². The van der Waals surface area contributed by atoms with Gasteiger partial charge in [-0.25, -0.2) is 9.97 Å². The Hall–Kier alpha value is -2.22. The monoisotopic (exact) mass is 248 g/mol. The molecule has 2 heteroatoms. The second-order valence-corrected chi connectivity index (χ2v) is 5.02. The summed E-state index contributed by atoms with van der Waals surface area (Å²) >= 11 is 0. The molecule has 94 valence electrons.